The molecule has 6 atom stereocenters. The molecule has 15 nitrogen and oxygen atoms in total. The highest BCUT2D eigenvalue weighted by atomic mass is 32.2. The van der Waals surface area contributed by atoms with Crippen LogP contribution in [0.25, 0.3) is 10.8 Å². The van der Waals surface area contributed by atoms with Crippen molar-refractivity contribution in [3.8, 4) is 11.6 Å². The van der Waals surface area contributed by atoms with Gasteiger partial charge >= 0.3 is 6.09 Å². The maximum atomic E-state index is 14.6. The van der Waals surface area contributed by atoms with E-state index in [9.17, 15) is 27.6 Å². The minimum Gasteiger partial charge on any atom is -0.497 e. The molecule has 1 saturated heterocycles. The minimum atomic E-state index is -3.87. The lowest BCUT2D eigenvalue weighted by atomic mass is 10.1. The molecule has 0 radical (unpaired) electrons. The molecule has 1 aromatic carbocycles. The predicted molar refractivity (Wildman–Crippen MR) is 191 cm³/mol. The molecule has 3 fully saturated rings. The zero-order valence-electron chi connectivity index (χ0n) is 31.3. The van der Waals surface area contributed by atoms with Gasteiger partial charge in [0.05, 0.1) is 30.6 Å². The van der Waals surface area contributed by atoms with Crippen molar-refractivity contribution in [2.75, 3.05) is 13.7 Å². The molecule has 3 aliphatic rings. The van der Waals surface area contributed by atoms with Crippen molar-refractivity contribution in [2.24, 2.45) is 5.92 Å². The number of sulfonamides is 1. The third kappa shape index (κ3) is 9.06. The Labute approximate surface area is 304 Å². The normalized spacial score (nSPS) is 24.4. The Kier molecular flexibility index (Phi) is 10.8. The van der Waals surface area contributed by atoms with Gasteiger partial charge in [-0.3, -0.25) is 19.1 Å². The van der Waals surface area contributed by atoms with Crippen LogP contribution in [0.4, 0.5) is 4.79 Å². The lowest BCUT2D eigenvalue weighted by Gasteiger charge is -2.35. The molecule has 4 amide bonds. The van der Waals surface area contributed by atoms with Crippen molar-refractivity contribution >= 4 is 44.6 Å². The Balaban J connectivity index is 1.45. The number of nitrogens with one attached hydrogen (secondary N) is 3. The first-order chi connectivity index (χ1) is 24.1. The van der Waals surface area contributed by atoms with Crippen molar-refractivity contribution in [1.82, 2.24) is 25.2 Å². The van der Waals surface area contributed by atoms with Gasteiger partial charge in [0.25, 0.3) is 5.91 Å². The van der Waals surface area contributed by atoms with Crippen molar-refractivity contribution in [2.45, 2.75) is 127 Å². The van der Waals surface area contributed by atoms with E-state index in [1.165, 1.54) is 4.90 Å². The van der Waals surface area contributed by atoms with Crippen molar-refractivity contribution in [3.05, 3.63) is 30.5 Å². The van der Waals surface area contributed by atoms with Crippen LogP contribution in [0.2, 0.25) is 0 Å². The van der Waals surface area contributed by atoms with Crippen LogP contribution in [0.5, 0.6) is 11.6 Å². The smallest absolute Gasteiger partial charge is 0.408 e. The molecular weight excluding hydrogens is 694 g/mol. The summed E-state index contributed by atoms with van der Waals surface area (Å²) < 4.78 is 50.8. The highest BCUT2D eigenvalue weighted by Crippen LogP contribution is 2.44. The molecule has 2 saturated carbocycles. The second-order valence-corrected chi connectivity index (χ2v) is 17.9. The van der Waals surface area contributed by atoms with E-state index in [2.05, 4.69) is 20.3 Å². The summed E-state index contributed by atoms with van der Waals surface area (Å²) in [5.41, 5.74) is -3.04. The van der Waals surface area contributed by atoms with Crippen LogP contribution >= 0.6 is 0 Å². The second-order valence-electron chi connectivity index (χ2n) is 16.0. The van der Waals surface area contributed by atoms with Crippen LogP contribution in [0, 0.1) is 5.92 Å². The number of likely N-dealkylation sites (tertiary alicyclic amines) is 1. The monoisotopic (exact) mass is 745 g/mol. The Morgan fingerprint density at radius 1 is 1.04 bits per heavy atom. The summed E-state index contributed by atoms with van der Waals surface area (Å²) in [6.07, 6.45) is 0.278. The van der Waals surface area contributed by atoms with Gasteiger partial charge in [-0.2, -0.15) is 0 Å². The summed E-state index contributed by atoms with van der Waals surface area (Å²) >= 11 is 0. The fraction of sp³-hybridized carbons (Fsp3) is 0.639. The Morgan fingerprint density at radius 2 is 1.71 bits per heavy atom. The number of ether oxygens (including phenoxy) is 4. The zero-order chi connectivity index (χ0) is 38.4. The van der Waals surface area contributed by atoms with E-state index in [1.807, 2.05) is 26.8 Å². The molecule has 52 heavy (non-hydrogen) atoms. The minimum absolute atomic E-state index is 0.00587. The first-order valence-electron chi connectivity index (χ1n) is 17.6. The lowest BCUT2D eigenvalue weighted by Crippen LogP contribution is -2.60. The number of nitrogens with zero attached hydrogens (tertiary/aromatic N) is 2. The molecule has 0 bridgehead atoms. The van der Waals surface area contributed by atoms with Crippen LogP contribution in [0.1, 0.15) is 81.1 Å². The van der Waals surface area contributed by atoms with Gasteiger partial charge in [-0.15, -0.1) is 0 Å². The molecular formula is C36H51N5O10S. The molecule has 5 rings (SSSR count). The number of aromatic nitrogens is 1. The van der Waals surface area contributed by atoms with Gasteiger partial charge in [0.1, 0.15) is 35.1 Å². The molecule has 286 valence electrons. The van der Waals surface area contributed by atoms with Crippen LogP contribution in [-0.2, 0) is 33.9 Å². The van der Waals surface area contributed by atoms with Gasteiger partial charge < -0.3 is 34.5 Å². The average molecular weight is 746 g/mol. The Hall–Kier alpha value is -4.18. The van der Waals surface area contributed by atoms with Crippen LogP contribution in [0.3, 0.4) is 0 Å². The van der Waals surface area contributed by atoms with Crippen LogP contribution < -0.4 is 24.8 Å². The third-order valence-electron chi connectivity index (χ3n) is 9.27. The molecule has 2 heterocycles. The standard InChI is InChI=1S/C36H51N5O10S/c1-20-18-36(20,32(44)40-52(46,47)25-11-12-25)39-29(42)27-17-24(49-30-26-13-10-23(48-9)16-22(26)14-15-37-30)19-41(27)31(43)28(21(2)50-34(3,4)5)38-33(45)51-35(6,7)8/h10,13-16,20-21,24-25,27-28H,11-12,17-19H2,1-9H3,(H,38,45)(H,39,42)(H,40,44)/t20-,21+,24-,27+,28+,36-/m1/s1. The van der Waals surface area contributed by atoms with Gasteiger partial charge in [-0.05, 0) is 103 Å². The average Bonchev–Trinajstić information content (AvgIpc) is 3.95. The summed E-state index contributed by atoms with van der Waals surface area (Å²) in [5.74, 6) is -1.55. The summed E-state index contributed by atoms with van der Waals surface area (Å²) in [7, 11) is -2.31. The molecule has 3 N–H and O–H groups in total. The van der Waals surface area contributed by atoms with Crippen LogP contribution in [-0.4, -0.2) is 102 Å². The van der Waals surface area contributed by atoms with E-state index < -0.39 is 80.1 Å². The Bertz CT molecular complexity index is 1820. The third-order valence-corrected chi connectivity index (χ3v) is 11.1. The van der Waals surface area contributed by atoms with E-state index in [4.69, 9.17) is 18.9 Å². The number of hydrogen-bond donors (Lipinski definition) is 3. The number of fused-ring (bicyclic) bond motifs is 1. The molecule has 2 aromatic rings. The van der Waals surface area contributed by atoms with Crippen molar-refractivity contribution < 1.29 is 46.5 Å². The molecule has 1 aliphatic heterocycles. The highest BCUT2D eigenvalue weighted by molar-refractivity contribution is 7.91. The maximum Gasteiger partial charge on any atom is 0.408 e. The van der Waals surface area contributed by atoms with Gasteiger partial charge in [-0.1, -0.05) is 6.92 Å². The number of methoxy groups -OCH3 is 1. The fourth-order valence-electron chi connectivity index (χ4n) is 6.46. The SMILES string of the molecule is COc1ccc2c(O[C@@H]3C[C@@H](C(=O)N[C@]4(C(=O)NS(=O)(=O)C5CC5)C[C@H]4C)N(C(=O)[C@@H](NC(=O)OC(C)(C)C)[C@H](C)OC(C)(C)C)C3)nccc2c1. The van der Waals surface area contributed by atoms with Crippen molar-refractivity contribution in [1.29, 1.82) is 0 Å². The van der Waals surface area contributed by atoms with Crippen molar-refractivity contribution in [3.63, 3.8) is 0 Å². The lowest BCUT2D eigenvalue weighted by molar-refractivity contribution is -0.146. The van der Waals surface area contributed by atoms with Gasteiger partial charge in [-0.25, -0.2) is 18.2 Å². The number of carbonyl (C=O) groups excluding carboxylic acids is 4. The number of rotatable bonds is 12. The molecule has 0 spiro atoms. The number of hydrogen-bond acceptors (Lipinski definition) is 11. The zero-order valence-corrected chi connectivity index (χ0v) is 32.1. The first kappa shape index (κ1) is 39.0. The summed E-state index contributed by atoms with van der Waals surface area (Å²) in [4.78, 5) is 61.0. The van der Waals surface area contributed by atoms with E-state index in [0.29, 0.717) is 24.0 Å². The number of carbonyl (C=O) groups is 4. The number of pyridine rings is 1. The highest BCUT2D eigenvalue weighted by Gasteiger charge is 2.61. The molecule has 2 aliphatic carbocycles. The van der Waals surface area contributed by atoms with Gasteiger partial charge in [0.2, 0.25) is 27.7 Å². The maximum absolute atomic E-state index is 14.6. The number of alkyl carbamates (subject to hydrolysis) is 1. The number of amides is 4. The molecule has 1 aromatic heterocycles. The van der Waals surface area contributed by atoms with Crippen LogP contribution in [0.15, 0.2) is 30.5 Å². The van der Waals surface area contributed by atoms with E-state index >= 15 is 0 Å². The topological polar surface area (TPSA) is 192 Å². The second kappa shape index (κ2) is 14.3. The quantitative estimate of drug-likeness (QED) is 0.289. The van der Waals surface area contributed by atoms with E-state index in [1.54, 1.807) is 66.1 Å². The summed E-state index contributed by atoms with van der Waals surface area (Å²) in [5, 5.41) is 6.30. The Morgan fingerprint density at radius 3 is 2.29 bits per heavy atom. The van der Waals surface area contributed by atoms with Gasteiger partial charge in [0.15, 0.2) is 0 Å². The van der Waals surface area contributed by atoms with E-state index in [0.717, 1.165) is 5.39 Å². The molecule has 0 unspecified atom stereocenters. The number of benzene rings is 1. The summed E-state index contributed by atoms with van der Waals surface area (Å²) in [6.45, 7) is 13.8. The van der Waals surface area contributed by atoms with E-state index in [-0.39, 0.29) is 31.2 Å². The predicted octanol–water partition coefficient (Wildman–Crippen LogP) is 3.19. The first-order valence-corrected chi connectivity index (χ1v) is 19.1. The van der Waals surface area contributed by atoms with Gasteiger partial charge in [0, 0.05) is 18.0 Å². The molecule has 16 heteroatoms. The summed E-state index contributed by atoms with van der Waals surface area (Å²) in [6, 6.07) is 4.75. The largest absolute Gasteiger partial charge is 0.497 e. The fourth-order valence-corrected chi connectivity index (χ4v) is 7.82.